The molecule has 0 bridgehead atoms. The van der Waals surface area contributed by atoms with Gasteiger partial charge in [0.2, 0.25) is 5.91 Å². The van der Waals surface area contributed by atoms with Gasteiger partial charge in [-0.15, -0.1) is 0 Å². The summed E-state index contributed by atoms with van der Waals surface area (Å²) in [6, 6.07) is 8.10. The molecule has 0 aromatic heterocycles. The third-order valence-corrected chi connectivity index (χ3v) is 4.49. The third kappa shape index (κ3) is 2.66. The molecular formula is C16H19N3O2. The summed E-state index contributed by atoms with van der Waals surface area (Å²) in [6.07, 6.45) is 2.47. The molecule has 2 unspecified atom stereocenters. The SMILES string of the molecule is COc1ccc(C#N)c(N2CCC3NC(=O)CCC3C2)c1. The van der Waals surface area contributed by atoms with Crippen molar-refractivity contribution < 1.29 is 9.53 Å². The van der Waals surface area contributed by atoms with E-state index in [0.29, 0.717) is 23.9 Å². The monoisotopic (exact) mass is 285 g/mol. The van der Waals surface area contributed by atoms with Gasteiger partial charge in [0.15, 0.2) is 0 Å². The zero-order valence-corrected chi connectivity index (χ0v) is 12.1. The van der Waals surface area contributed by atoms with Crippen LogP contribution in [0.25, 0.3) is 0 Å². The van der Waals surface area contributed by atoms with E-state index >= 15 is 0 Å². The van der Waals surface area contributed by atoms with Crippen LogP contribution in [-0.4, -0.2) is 32.1 Å². The Morgan fingerprint density at radius 1 is 1.43 bits per heavy atom. The summed E-state index contributed by atoms with van der Waals surface area (Å²) in [6.45, 7) is 1.73. The van der Waals surface area contributed by atoms with Gasteiger partial charge in [-0.3, -0.25) is 4.79 Å². The van der Waals surface area contributed by atoms with Gasteiger partial charge in [-0.05, 0) is 30.9 Å². The van der Waals surface area contributed by atoms with Crippen LogP contribution in [0.3, 0.4) is 0 Å². The average Bonchev–Trinajstić information content (AvgIpc) is 2.53. The molecule has 110 valence electrons. The fraction of sp³-hybridized carbons (Fsp3) is 0.500. The maximum atomic E-state index is 11.5. The molecule has 0 spiro atoms. The first-order valence-electron chi connectivity index (χ1n) is 7.33. The lowest BCUT2D eigenvalue weighted by Gasteiger charge is -2.42. The summed E-state index contributed by atoms with van der Waals surface area (Å²) < 4.78 is 5.27. The predicted octanol–water partition coefficient (Wildman–Crippen LogP) is 1.67. The van der Waals surface area contributed by atoms with Crippen molar-refractivity contribution >= 4 is 11.6 Å². The van der Waals surface area contributed by atoms with Gasteiger partial charge in [-0.25, -0.2) is 0 Å². The number of hydrogen-bond acceptors (Lipinski definition) is 4. The second kappa shape index (κ2) is 5.65. The van der Waals surface area contributed by atoms with Gasteiger partial charge in [0.25, 0.3) is 0 Å². The summed E-state index contributed by atoms with van der Waals surface area (Å²) in [5, 5.41) is 12.4. The molecular weight excluding hydrogens is 266 g/mol. The zero-order valence-electron chi connectivity index (χ0n) is 12.1. The fourth-order valence-corrected chi connectivity index (χ4v) is 3.32. The number of nitriles is 1. The van der Waals surface area contributed by atoms with Crippen LogP contribution in [0.15, 0.2) is 18.2 Å². The largest absolute Gasteiger partial charge is 0.497 e. The lowest BCUT2D eigenvalue weighted by atomic mass is 9.85. The molecule has 2 fully saturated rings. The molecule has 1 aromatic carbocycles. The van der Waals surface area contributed by atoms with Crippen molar-refractivity contribution in [2.75, 3.05) is 25.1 Å². The summed E-state index contributed by atoms with van der Waals surface area (Å²) in [7, 11) is 1.63. The highest BCUT2D eigenvalue weighted by molar-refractivity contribution is 5.77. The predicted molar refractivity (Wildman–Crippen MR) is 79.2 cm³/mol. The number of benzene rings is 1. The van der Waals surface area contributed by atoms with Crippen LogP contribution in [-0.2, 0) is 4.79 Å². The molecule has 1 aromatic rings. The van der Waals surface area contributed by atoms with E-state index < -0.39 is 0 Å². The minimum absolute atomic E-state index is 0.170. The molecule has 1 N–H and O–H groups in total. The summed E-state index contributed by atoms with van der Waals surface area (Å²) in [5.41, 5.74) is 1.61. The number of anilines is 1. The lowest BCUT2D eigenvalue weighted by Crippen LogP contribution is -2.54. The Bertz CT molecular complexity index is 594. The van der Waals surface area contributed by atoms with E-state index in [1.54, 1.807) is 7.11 Å². The van der Waals surface area contributed by atoms with Crippen molar-refractivity contribution in [3.8, 4) is 11.8 Å². The van der Waals surface area contributed by atoms with Crippen molar-refractivity contribution in [2.24, 2.45) is 5.92 Å². The Hall–Kier alpha value is -2.22. The van der Waals surface area contributed by atoms with Crippen LogP contribution in [0.5, 0.6) is 5.75 Å². The molecule has 21 heavy (non-hydrogen) atoms. The van der Waals surface area contributed by atoms with Crippen LogP contribution in [0.4, 0.5) is 5.69 Å². The number of nitrogens with one attached hydrogen (secondary N) is 1. The Morgan fingerprint density at radius 2 is 2.29 bits per heavy atom. The highest BCUT2D eigenvalue weighted by Gasteiger charge is 2.34. The van der Waals surface area contributed by atoms with Crippen LogP contribution in [0, 0.1) is 17.2 Å². The normalized spacial score (nSPS) is 24.8. The number of methoxy groups -OCH3 is 1. The molecule has 2 atom stereocenters. The quantitative estimate of drug-likeness (QED) is 0.897. The first-order chi connectivity index (χ1) is 10.2. The molecule has 3 rings (SSSR count). The minimum atomic E-state index is 0.170. The number of nitrogens with zero attached hydrogens (tertiary/aromatic N) is 2. The van der Waals surface area contributed by atoms with Gasteiger partial charge in [-0.1, -0.05) is 0 Å². The van der Waals surface area contributed by atoms with E-state index in [1.165, 1.54) is 0 Å². The highest BCUT2D eigenvalue weighted by atomic mass is 16.5. The number of ether oxygens (including phenoxy) is 1. The lowest BCUT2D eigenvalue weighted by molar-refractivity contribution is -0.124. The number of amides is 1. The minimum Gasteiger partial charge on any atom is -0.497 e. The van der Waals surface area contributed by atoms with E-state index in [4.69, 9.17) is 4.74 Å². The van der Waals surface area contributed by atoms with Gasteiger partial charge < -0.3 is 15.0 Å². The summed E-state index contributed by atoms with van der Waals surface area (Å²) >= 11 is 0. The van der Waals surface area contributed by atoms with Gasteiger partial charge in [0.1, 0.15) is 11.8 Å². The van der Waals surface area contributed by atoms with E-state index in [9.17, 15) is 10.1 Å². The van der Waals surface area contributed by atoms with Crippen molar-refractivity contribution in [3.63, 3.8) is 0 Å². The van der Waals surface area contributed by atoms with Crippen molar-refractivity contribution in [2.45, 2.75) is 25.3 Å². The Balaban J connectivity index is 1.82. The topological polar surface area (TPSA) is 65.4 Å². The van der Waals surface area contributed by atoms with Crippen molar-refractivity contribution in [3.05, 3.63) is 23.8 Å². The molecule has 2 aliphatic rings. The maximum Gasteiger partial charge on any atom is 0.220 e. The zero-order chi connectivity index (χ0) is 14.8. The second-order valence-corrected chi connectivity index (χ2v) is 5.70. The van der Waals surface area contributed by atoms with E-state index in [-0.39, 0.29) is 5.91 Å². The smallest absolute Gasteiger partial charge is 0.220 e. The summed E-state index contributed by atoms with van der Waals surface area (Å²) in [5.74, 6) is 1.40. The first kappa shape index (κ1) is 13.7. The Labute approximate surface area is 124 Å². The molecule has 0 aliphatic carbocycles. The van der Waals surface area contributed by atoms with E-state index in [2.05, 4.69) is 16.3 Å². The standard InChI is InChI=1S/C16H19N3O2/c1-21-13-4-2-11(9-17)15(8-13)19-7-6-14-12(10-19)3-5-16(20)18-14/h2,4,8,12,14H,3,5-7,10H2,1H3,(H,18,20). The number of fused-ring (bicyclic) bond motifs is 1. The number of carbonyl (C=O) groups excluding carboxylic acids is 1. The fourth-order valence-electron chi connectivity index (χ4n) is 3.32. The molecule has 2 aliphatic heterocycles. The van der Waals surface area contributed by atoms with E-state index in [0.717, 1.165) is 37.4 Å². The maximum absolute atomic E-state index is 11.5. The van der Waals surface area contributed by atoms with E-state index in [1.807, 2.05) is 18.2 Å². The number of hydrogen-bond donors (Lipinski definition) is 1. The molecule has 0 saturated carbocycles. The van der Waals surface area contributed by atoms with Crippen molar-refractivity contribution in [1.82, 2.24) is 5.32 Å². The molecule has 5 nitrogen and oxygen atoms in total. The molecule has 2 saturated heterocycles. The van der Waals surface area contributed by atoms with Gasteiger partial charge in [0.05, 0.1) is 18.4 Å². The molecule has 1 amide bonds. The number of carbonyl (C=O) groups is 1. The van der Waals surface area contributed by atoms with Crippen LogP contribution in [0.2, 0.25) is 0 Å². The second-order valence-electron chi connectivity index (χ2n) is 5.70. The number of piperidine rings is 2. The Kier molecular flexibility index (Phi) is 3.70. The third-order valence-electron chi connectivity index (χ3n) is 4.49. The number of rotatable bonds is 2. The molecule has 5 heteroatoms. The van der Waals surface area contributed by atoms with Crippen LogP contribution >= 0.6 is 0 Å². The molecule has 0 radical (unpaired) electrons. The first-order valence-corrected chi connectivity index (χ1v) is 7.33. The highest BCUT2D eigenvalue weighted by Crippen LogP contribution is 2.32. The molecule has 2 heterocycles. The van der Waals surface area contributed by atoms with Gasteiger partial charge >= 0.3 is 0 Å². The van der Waals surface area contributed by atoms with Crippen LogP contribution < -0.4 is 15.0 Å². The van der Waals surface area contributed by atoms with Gasteiger partial charge in [0, 0.05) is 31.6 Å². The summed E-state index contributed by atoms with van der Waals surface area (Å²) in [4.78, 5) is 13.7. The average molecular weight is 285 g/mol. The van der Waals surface area contributed by atoms with Crippen molar-refractivity contribution in [1.29, 1.82) is 5.26 Å². The van der Waals surface area contributed by atoms with Crippen LogP contribution in [0.1, 0.15) is 24.8 Å². The Morgan fingerprint density at radius 3 is 3.05 bits per heavy atom. The van der Waals surface area contributed by atoms with Gasteiger partial charge in [-0.2, -0.15) is 5.26 Å².